The maximum atomic E-state index is 11.9. The molecule has 0 saturated carbocycles. The molecule has 0 spiro atoms. The lowest BCUT2D eigenvalue weighted by molar-refractivity contribution is -0.274. The molecule has 0 saturated heterocycles. The van der Waals surface area contributed by atoms with Crippen molar-refractivity contribution in [1.29, 1.82) is 0 Å². The van der Waals surface area contributed by atoms with Crippen molar-refractivity contribution in [2.75, 3.05) is 11.5 Å². The van der Waals surface area contributed by atoms with Gasteiger partial charge in [0.15, 0.2) is 0 Å². The lowest BCUT2D eigenvalue weighted by atomic mass is 10.1. The Balaban J connectivity index is 2.79. The average Bonchev–Trinajstić information content (AvgIpc) is 2.19. The van der Waals surface area contributed by atoms with E-state index in [4.69, 9.17) is 5.73 Å². The molecule has 1 aromatic carbocycles. The number of hydrogen-bond acceptors (Lipinski definition) is 3. The summed E-state index contributed by atoms with van der Waals surface area (Å²) in [6.45, 7) is 0. The summed E-state index contributed by atoms with van der Waals surface area (Å²) in [6, 6.07) is 3.85. The van der Waals surface area contributed by atoms with Crippen LogP contribution in [-0.2, 0) is 0 Å². The van der Waals surface area contributed by atoms with Gasteiger partial charge in [-0.1, -0.05) is 12.2 Å². The van der Waals surface area contributed by atoms with E-state index >= 15 is 0 Å². The van der Waals surface area contributed by atoms with Crippen molar-refractivity contribution < 1.29 is 17.9 Å². The number of nitrogens with two attached hydrogens (primary N) is 1. The number of halogens is 3. The van der Waals surface area contributed by atoms with Crippen molar-refractivity contribution in [2.24, 2.45) is 0 Å². The van der Waals surface area contributed by atoms with E-state index in [1.807, 2.05) is 6.08 Å². The number of ether oxygens (including phenoxy) is 1. The first-order chi connectivity index (χ1) is 7.92. The smallest absolute Gasteiger partial charge is 0.406 e. The van der Waals surface area contributed by atoms with Gasteiger partial charge in [0.25, 0.3) is 0 Å². The summed E-state index contributed by atoms with van der Waals surface area (Å²) in [5, 5.41) is 0. The summed E-state index contributed by atoms with van der Waals surface area (Å²) in [5.74, 6) is 0.382. The number of benzene rings is 1. The van der Waals surface area contributed by atoms with Crippen molar-refractivity contribution >= 4 is 24.4 Å². The number of thiol groups is 1. The monoisotopic (exact) mass is 263 g/mol. The second-order valence-corrected chi connectivity index (χ2v) is 3.70. The van der Waals surface area contributed by atoms with Gasteiger partial charge in [0.05, 0.1) is 0 Å². The van der Waals surface area contributed by atoms with E-state index in [1.165, 1.54) is 12.1 Å². The maximum Gasteiger partial charge on any atom is 0.573 e. The minimum Gasteiger partial charge on any atom is -0.406 e. The van der Waals surface area contributed by atoms with E-state index in [0.29, 0.717) is 11.3 Å². The Morgan fingerprint density at radius 2 is 2.06 bits per heavy atom. The van der Waals surface area contributed by atoms with Crippen LogP contribution in [0.2, 0.25) is 0 Å². The third-order valence-electron chi connectivity index (χ3n) is 1.89. The van der Waals surface area contributed by atoms with Crippen LogP contribution in [0.1, 0.15) is 12.0 Å². The van der Waals surface area contributed by atoms with E-state index in [-0.39, 0.29) is 11.4 Å². The Morgan fingerprint density at radius 1 is 1.35 bits per heavy atom. The molecule has 1 rings (SSSR count). The van der Waals surface area contributed by atoms with Crippen molar-refractivity contribution in [1.82, 2.24) is 0 Å². The number of rotatable bonds is 4. The molecule has 0 aromatic heterocycles. The van der Waals surface area contributed by atoms with Crippen LogP contribution in [0.25, 0.3) is 6.08 Å². The first-order valence-corrected chi connectivity index (χ1v) is 5.48. The molecule has 0 radical (unpaired) electrons. The lowest BCUT2D eigenvalue weighted by Crippen LogP contribution is -2.17. The molecule has 17 heavy (non-hydrogen) atoms. The molecular weight excluding hydrogens is 251 g/mol. The first-order valence-electron chi connectivity index (χ1n) is 4.85. The standard InChI is InChI=1S/C11H12F3NOS/c12-11(13,14)16-9-5-4-8(10(15)7-9)3-1-2-6-17/h1,3-5,7,17H,2,6,15H2. The van der Waals surface area contributed by atoms with Crippen LogP contribution in [0.5, 0.6) is 5.75 Å². The van der Waals surface area contributed by atoms with E-state index in [1.54, 1.807) is 6.08 Å². The third kappa shape index (κ3) is 5.04. The Bertz CT molecular complexity index is 404. The number of nitrogen functional groups attached to an aromatic ring is 1. The molecule has 0 unspecified atom stereocenters. The van der Waals surface area contributed by atoms with Gasteiger partial charge in [-0.3, -0.25) is 0 Å². The summed E-state index contributed by atoms with van der Waals surface area (Å²) < 4.78 is 39.6. The fourth-order valence-corrected chi connectivity index (χ4v) is 1.34. The van der Waals surface area contributed by atoms with Crippen LogP contribution < -0.4 is 10.5 Å². The highest BCUT2D eigenvalue weighted by atomic mass is 32.1. The second kappa shape index (κ2) is 5.86. The fourth-order valence-electron chi connectivity index (χ4n) is 1.19. The zero-order valence-corrected chi connectivity index (χ0v) is 9.76. The number of alkyl halides is 3. The summed E-state index contributed by atoms with van der Waals surface area (Å²) in [6.07, 6.45) is -0.342. The zero-order valence-electron chi connectivity index (χ0n) is 8.87. The predicted molar refractivity (Wildman–Crippen MR) is 65.0 cm³/mol. The van der Waals surface area contributed by atoms with Crippen molar-refractivity contribution in [3.8, 4) is 5.75 Å². The van der Waals surface area contributed by atoms with E-state index in [9.17, 15) is 13.2 Å². The van der Waals surface area contributed by atoms with Crippen LogP contribution in [0.3, 0.4) is 0 Å². The summed E-state index contributed by atoms with van der Waals surface area (Å²) >= 11 is 4.03. The molecule has 1 aromatic rings. The van der Waals surface area contributed by atoms with Gasteiger partial charge in [0, 0.05) is 11.8 Å². The lowest BCUT2D eigenvalue weighted by Gasteiger charge is -2.10. The number of anilines is 1. The zero-order chi connectivity index (χ0) is 12.9. The Hall–Kier alpha value is -1.30. The molecule has 0 aliphatic rings. The van der Waals surface area contributed by atoms with E-state index in [2.05, 4.69) is 17.4 Å². The third-order valence-corrected chi connectivity index (χ3v) is 2.14. The van der Waals surface area contributed by atoms with Gasteiger partial charge >= 0.3 is 6.36 Å². The molecule has 2 N–H and O–H groups in total. The van der Waals surface area contributed by atoms with Crippen molar-refractivity contribution in [2.45, 2.75) is 12.8 Å². The normalized spacial score (nSPS) is 12.0. The summed E-state index contributed by atoms with van der Waals surface area (Å²) in [7, 11) is 0. The SMILES string of the molecule is Nc1cc(OC(F)(F)F)ccc1C=CCCS. The van der Waals surface area contributed by atoms with Gasteiger partial charge in [-0.2, -0.15) is 12.6 Å². The van der Waals surface area contributed by atoms with Gasteiger partial charge in [0.2, 0.25) is 0 Å². The van der Waals surface area contributed by atoms with Gasteiger partial charge in [-0.15, -0.1) is 13.2 Å². The summed E-state index contributed by atoms with van der Waals surface area (Å²) in [4.78, 5) is 0. The second-order valence-electron chi connectivity index (χ2n) is 3.25. The van der Waals surface area contributed by atoms with Gasteiger partial charge < -0.3 is 10.5 Å². The molecular formula is C11H12F3NOS. The first kappa shape index (κ1) is 13.8. The molecule has 6 heteroatoms. The van der Waals surface area contributed by atoms with Crippen LogP contribution in [-0.4, -0.2) is 12.1 Å². The van der Waals surface area contributed by atoms with Gasteiger partial charge in [-0.05, 0) is 29.9 Å². The maximum absolute atomic E-state index is 11.9. The molecule has 0 atom stereocenters. The van der Waals surface area contributed by atoms with Crippen LogP contribution in [0, 0.1) is 0 Å². The molecule has 0 heterocycles. The van der Waals surface area contributed by atoms with Crippen LogP contribution in [0.4, 0.5) is 18.9 Å². The van der Waals surface area contributed by atoms with Crippen LogP contribution >= 0.6 is 12.6 Å². The van der Waals surface area contributed by atoms with Gasteiger partial charge in [0.1, 0.15) is 5.75 Å². The van der Waals surface area contributed by atoms with Crippen LogP contribution in [0.15, 0.2) is 24.3 Å². The quantitative estimate of drug-likeness (QED) is 0.644. The molecule has 2 nitrogen and oxygen atoms in total. The highest BCUT2D eigenvalue weighted by Crippen LogP contribution is 2.26. The predicted octanol–water partition coefficient (Wildman–Crippen LogP) is 3.50. The largest absolute Gasteiger partial charge is 0.573 e. The Kier molecular flexibility index (Phi) is 4.74. The molecule has 0 aliphatic carbocycles. The Morgan fingerprint density at radius 3 is 2.59 bits per heavy atom. The van der Waals surface area contributed by atoms with E-state index < -0.39 is 6.36 Å². The van der Waals surface area contributed by atoms with E-state index in [0.717, 1.165) is 12.5 Å². The highest BCUT2D eigenvalue weighted by molar-refractivity contribution is 7.80. The topological polar surface area (TPSA) is 35.2 Å². The molecule has 0 fully saturated rings. The average molecular weight is 263 g/mol. The number of allylic oxidation sites excluding steroid dienone is 1. The minimum absolute atomic E-state index is 0.238. The number of hydrogen-bond donors (Lipinski definition) is 2. The molecule has 0 amide bonds. The summed E-state index contributed by atoms with van der Waals surface area (Å²) in [5.41, 5.74) is 6.50. The fraction of sp³-hybridized carbons (Fsp3) is 0.273. The molecule has 0 bridgehead atoms. The highest BCUT2D eigenvalue weighted by Gasteiger charge is 2.31. The Labute approximate surface area is 103 Å². The molecule has 0 aliphatic heterocycles. The van der Waals surface area contributed by atoms with Crippen molar-refractivity contribution in [3.05, 3.63) is 29.8 Å². The molecule has 94 valence electrons. The van der Waals surface area contributed by atoms with Crippen molar-refractivity contribution in [3.63, 3.8) is 0 Å². The minimum atomic E-state index is -4.70. The van der Waals surface area contributed by atoms with Gasteiger partial charge in [-0.25, -0.2) is 0 Å².